The number of hydrogen-bond donors (Lipinski definition) is 1. The number of anilines is 1. The highest BCUT2D eigenvalue weighted by molar-refractivity contribution is 7.20. The Morgan fingerprint density at radius 3 is 2.63 bits per heavy atom. The largest absolute Gasteiger partial charge is 0.382 e. The molecule has 2 heterocycles. The molecule has 1 aromatic carbocycles. The lowest BCUT2D eigenvalue weighted by Gasteiger charge is -1.96. The van der Waals surface area contributed by atoms with Crippen LogP contribution in [0.1, 0.15) is 16.1 Å². The highest BCUT2D eigenvalue weighted by Gasteiger charge is 2.15. The number of nitrogen functional groups attached to an aromatic ring is 1. The van der Waals surface area contributed by atoms with Crippen molar-refractivity contribution < 1.29 is 4.79 Å². The minimum Gasteiger partial charge on any atom is -0.382 e. The van der Waals surface area contributed by atoms with Crippen molar-refractivity contribution in [1.29, 1.82) is 0 Å². The summed E-state index contributed by atoms with van der Waals surface area (Å²) in [6.07, 6.45) is 0. The fraction of sp³-hybridized carbons (Fsp3) is 0. The smallest absolute Gasteiger partial charge is 0.212 e. The van der Waals surface area contributed by atoms with E-state index in [9.17, 15) is 4.79 Å². The summed E-state index contributed by atoms with van der Waals surface area (Å²) in [6, 6.07) is 9.11. The third-order valence-electron chi connectivity index (χ3n) is 2.56. The first-order valence-electron chi connectivity index (χ1n) is 5.50. The standard InChI is InChI=1S/C13H9N3OS2/c14-12-11(19-7-15-12)13-16-9(6-18-13)10(17)8-4-2-1-3-5-8/h1-7H,14H2. The fourth-order valence-corrected chi connectivity index (χ4v) is 3.26. The summed E-state index contributed by atoms with van der Waals surface area (Å²) in [7, 11) is 0. The Morgan fingerprint density at radius 2 is 1.95 bits per heavy atom. The van der Waals surface area contributed by atoms with Gasteiger partial charge in [0, 0.05) is 10.9 Å². The number of nitrogens with zero attached hydrogens (tertiary/aromatic N) is 2. The van der Waals surface area contributed by atoms with Crippen LogP contribution in [0.25, 0.3) is 9.88 Å². The number of hydrogen-bond acceptors (Lipinski definition) is 6. The number of ketones is 1. The maximum atomic E-state index is 12.2. The first kappa shape index (κ1) is 12.0. The van der Waals surface area contributed by atoms with Crippen LogP contribution in [0.4, 0.5) is 5.82 Å². The predicted molar refractivity (Wildman–Crippen MR) is 77.5 cm³/mol. The number of benzene rings is 1. The molecule has 0 radical (unpaired) electrons. The molecule has 19 heavy (non-hydrogen) atoms. The molecule has 2 N–H and O–H groups in total. The zero-order valence-corrected chi connectivity index (χ0v) is 11.4. The van der Waals surface area contributed by atoms with Gasteiger partial charge in [0.1, 0.15) is 21.4 Å². The normalized spacial score (nSPS) is 10.5. The molecular weight excluding hydrogens is 278 g/mol. The number of nitrogens with two attached hydrogens (primary N) is 1. The predicted octanol–water partition coefficient (Wildman–Crippen LogP) is 3.08. The van der Waals surface area contributed by atoms with Gasteiger partial charge >= 0.3 is 0 Å². The summed E-state index contributed by atoms with van der Waals surface area (Å²) < 4.78 is 0. The van der Waals surface area contributed by atoms with E-state index in [4.69, 9.17) is 5.73 Å². The Labute approximate surface area is 117 Å². The molecule has 0 bridgehead atoms. The topological polar surface area (TPSA) is 68.9 Å². The van der Waals surface area contributed by atoms with Crippen molar-refractivity contribution in [2.24, 2.45) is 0 Å². The van der Waals surface area contributed by atoms with Gasteiger partial charge < -0.3 is 5.73 Å². The molecule has 3 aromatic rings. The lowest BCUT2D eigenvalue weighted by atomic mass is 10.1. The molecule has 4 nitrogen and oxygen atoms in total. The van der Waals surface area contributed by atoms with Gasteiger partial charge in [-0.3, -0.25) is 4.79 Å². The van der Waals surface area contributed by atoms with E-state index >= 15 is 0 Å². The van der Waals surface area contributed by atoms with E-state index < -0.39 is 0 Å². The van der Waals surface area contributed by atoms with Crippen molar-refractivity contribution in [3.05, 3.63) is 52.5 Å². The maximum absolute atomic E-state index is 12.2. The molecular formula is C13H9N3OS2. The molecule has 94 valence electrons. The van der Waals surface area contributed by atoms with E-state index in [-0.39, 0.29) is 5.78 Å². The number of rotatable bonds is 3. The van der Waals surface area contributed by atoms with Crippen molar-refractivity contribution in [2.45, 2.75) is 0 Å². The summed E-state index contributed by atoms with van der Waals surface area (Å²) in [5, 5.41) is 2.49. The molecule has 0 aliphatic rings. The van der Waals surface area contributed by atoms with Gasteiger partial charge in [0.05, 0.1) is 5.51 Å². The maximum Gasteiger partial charge on any atom is 0.212 e. The summed E-state index contributed by atoms with van der Waals surface area (Å²) in [5.74, 6) is 0.379. The minimum atomic E-state index is -0.0776. The van der Waals surface area contributed by atoms with Crippen molar-refractivity contribution >= 4 is 34.3 Å². The average molecular weight is 287 g/mol. The lowest BCUT2D eigenvalue weighted by Crippen LogP contribution is -2.01. The zero-order chi connectivity index (χ0) is 13.2. The van der Waals surface area contributed by atoms with Gasteiger partial charge in [0.2, 0.25) is 5.78 Å². The molecule has 3 rings (SSSR count). The first-order valence-corrected chi connectivity index (χ1v) is 7.26. The minimum absolute atomic E-state index is 0.0776. The Morgan fingerprint density at radius 1 is 1.16 bits per heavy atom. The van der Waals surface area contributed by atoms with Crippen molar-refractivity contribution in [2.75, 3.05) is 5.73 Å². The molecule has 0 atom stereocenters. The summed E-state index contributed by atoms with van der Waals surface area (Å²) in [5.41, 5.74) is 8.50. The average Bonchev–Trinajstić information content (AvgIpc) is 3.07. The van der Waals surface area contributed by atoms with Crippen LogP contribution in [-0.2, 0) is 0 Å². The van der Waals surface area contributed by atoms with Gasteiger partial charge in [0.15, 0.2) is 0 Å². The Balaban J connectivity index is 1.94. The molecule has 0 fully saturated rings. The van der Waals surface area contributed by atoms with Crippen LogP contribution < -0.4 is 5.73 Å². The highest BCUT2D eigenvalue weighted by Crippen LogP contribution is 2.32. The van der Waals surface area contributed by atoms with Crippen LogP contribution in [0.2, 0.25) is 0 Å². The molecule has 0 saturated carbocycles. The molecule has 0 saturated heterocycles. The zero-order valence-electron chi connectivity index (χ0n) is 9.74. The fourth-order valence-electron chi connectivity index (χ4n) is 1.63. The molecule has 6 heteroatoms. The van der Waals surface area contributed by atoms with E-state index in [2.05, 4.69) is 9.97 Å². The second-order valence-electron chi connectivity index (χ2n) is 3.80. The van der Waals surface area contributed by atoms with Crippen LogP contribution in [0.5, 0.6) is 0 Å². The molecule has 0 aliphatic heterocycles. The third-order valence-corrected chi connectivity index (χ3v) is 4.40. The van der Waals surface area contributed by atoms with Crippen LogP contribution in [0.15, 0.2) is 41.2 Å². The summed E-state index contributed by atoms with van der Waals surface area (Å²) in [6.45, 7) is 0. The molecule has 0 amide bonds. The summed E-state index contributed by atoms with van der Waals surface area (Å²) in [4.78, 5) is 21.4. The lowest BCUT2D eigenvalue weighted by molar-refractivity contribution is 0.103. The van der Waals surface area contributed by atoms with E-state index in [0.717, 1.165) is 9.88 Å². The van der Waals surface area contributed by atoms with Gasteiger partial charge in [-0.15, -0.1) is 22.7 Å². The number of thiazole rings is 2. The van der Waals surface area contributed by atoms with E-state index in [1.165, 1.54) is 22.7 Å². The molecule has 0 unspecified atom stereocenters. The summed E-state index contributed by atoms with van der Waals surface area (Å²) >= 11 is 2.83. The molecule has 0 aliphatic carbocycles. The first-order chi connectivity index (χ1) is 9.25. The monoisotopic (exact) mass is 287 g/mol. The van der Waals surface area contributed by atoms with Crippen LogP contribution in [0, 0.1) is 0 Å². The molecule has 2 aromatic heterocycles. The van der Waals surface area contributed by atoms with Crippen molar-refractivity contribution in [3.63, 3.8) is 0 Å². The molecule has 0 spiro atoms. The Hall–Kier alpha value is -2.05. The van der Waals surface area contributed by atoms with Gasteiger partial charge in [-0.1, -0.05) is 30.3 Å². The van der Waals surface area contributed by atoms with Crippen molar-refractivity contribution in [3.8, 4) is 9.88 Å². The number of aromatic nitrogens is 2. The quantitative estimate of drug-likeness (QED) is 0.752. The second kappa shape index (κ2) is 4.91. The van der Waals surface area contributed by atoms with E-state index in [1.807, 2.05) is 18.2 Å². The van der Waals surface area contributed by atoms with Gasteiger partial charge in [-0.05, 0) is 0 Å². The van der Waals surface area contributed by atoms with Gasteiger partial charge in [-0.25, -0.2) is 9.97 Å². The van der Waals surface area contributed by atoms with E-state index in [0.29, 0.717) is 17.1 Å². The van der Waals surface area contributed by atoms with Crippen LogP contribution in [0.3, 0.4) is 0 Å². The van der Waals surface area contributed by atoms with E-state index in [1.54, 1.807) is 23.0 Å². The van der Waals surface area contributed by atoms with Gasteiger partial charge in [0.25, 0.3) is 0 Å². The third kappa shape index (κ3) is 2.27. The van der Waals surface area contributed by atoms with Crippen LogP contribution in [-0.4, -0.2) is 15.8 Å². The number of carbonyl (C=O) groups is 1. The highest BCUT2D eigenvalue weighted by atomic mass is 32.1. The van der Waals surface area contributed by atoms with Crippen molar-refractivity contribution in [1.82, 2.24) is 9.97 Å². The Kier molecular flexibility index (Phi) is 3.10. The van der Waals surface area contributed by atoms with Gasteiger partial charge in [-0.2, -0.15) is 0 Å². The van der Waals surface area contributed by atoms with Crippen LogP contribution >= 0.6 is 22.7 Å². The Bertz CT molecular complexity index is 718. The second-order valence-corrected chi connectivity index (χ2v) is 5.51. The number of carbonyl (C=O) groups excluding carboxylic acids is 1. The SMILES string of the molecule is Nc1ncsc1-c1nc(C(=O)c2ccccc2)cs1.